The van der Waals surface area contributed by atoms with E-state index in [1.807, 2.05) is 13.0 Å². The lowest BCUT2D eigenvalue weighted by atomic mass is 9.99. The van der Waals surface area contributed by atoms with Crippen molar-refractivity contribution in [3.05, 3.63) is 45.7 Å². The number of nitrogens with zero attached hydrogens (tertiary/aromatic N) is 1. The molecule has 2 aromatic rings. The van der Waals surface area contributed by atoms with Crippen molar-refractivity contribution in [1.29, 1.82) is 0 Å². The van der Waals surface area contributed by atoms with Crippen LogP contribution in [0.1, 0.15) is 37.3 Å². The molecule has 0 aliphatic carbocycles. The Morgan fingerprint density at radius 1 is 1.17 bits per heavy atom. The largest absolute Gasteiger partial charge is 0.507 e. The highest BCUT2D eigenvalue weighted by atomic mass is 16.3. The van der Waals surface area contributed by atoms with E-state index in [1.165, 1.54) is 36.6 Å². The molecule has 23 heavy (non-hydrogen) atoms. The number of anilines is 1. The van der Waals surface area contributed by atoms with Gasteiger partial charge in [0.15, 0.2) is 0 Å². The molecule has 0 amide bonds. The number of aromatic nitrogens is 1. The van der Waals surface area contributed by atoms with E-state index in [-0.39, 0.29) is 11.3 Å². The second-order valence-corrected chi connectivity index (χ2v) is 6.27. The molecular weight excluding hydrogens is 288 g/mol. The first-order chi connectivity index (χ1) is 11.1. The molecule has 0 bridgehead atoms. The third kappa shape index (κ3) is 3.11. The van der Waals surface area contributed by atoms with E-state index in [2.05, 4.69) is 28.9 Å². The minimum Gasteiger partial charge on any atom is -0.507 e. The maximum absolute atomic E-state index is 11.7. The molecule has 0 unspecified atom stereocenters. The molecule has 1 aromatic carbocycles. The lowest BCUT2D eigenvalue weighted by molar-refractivity contribution is 0.467. The minimum absolute atomic E-state index is 0.0732. The number of rotatable bonds is 3. The van der Waals surface area contributed by atoms with Gasteiger partial charge in [-0.3, -0.25) is 4.79 Å². The molecule has 0 atom stereocenters. The Kier molecular flexibility index (Phi) is 4.42. The van der Waals surface area contributed by atoms with Crippen molar-refractivity contribution in [2.24, 2.45) is 0 Å². The van der Waals surface area contributed by atoms with Crippen LogP contribution in [0.15, 0.2) is 29.1 Å². The summed E-state index contributed by atoms with van der Waals surface area (Å²) in [6.07, 6.45) is 4.49. The van der Waals surface area contributed by atoms with Crippen LogP contribution in [0.2, 0.25) is 0 Å². The van der Waals surface area contributed by atoms with Gasteiger partial charge < -0.3 is 15.0 Å². The van der Waals surface area contributed by atoms with Crippen LogP contribution in [0.25, 0.3) is 11.3 Å². The standard InChI is InChI=1S/C19H24N2O2/c1-3-15-17(22)12-18(23)20-19(15)14-7-8-16(13(2)11-14)21-9-5-4-6-10-21/h7-8,11-12H,3-6,9-10H2,1-2H3,(H2,20,22,23). The zero-order valence-electron chi connectivity index (χ0n) is 13.9. The third-order valence-electron chi connectivity index (χ3n) is 4.66. The molecule has 1 saturated heterocycles. The van der Waals surface area contributed by atoms with Crippen LogP contribution >= 0.6 is 0 Å². The van der Waals surface area contributed by atoms with Crippen LogP contribution in [0.3, 0.4) is 0 Å². The molecule has 0 spiro atoms. The second kappa shape index (κ2) is 6.49. The number of H-pyrrole nitrogens is 1. The first-order valence-electron chi connectivity index (χ1n) is 8.41. The van der Waals surface area contributed by atoms with Gasteiger partial charge in [-0.2, -0.15) is 0 Å². The molecule has 1 aromatic heterocycles. The average Bonchev–Trinajstić information content (AvgIpc) is 2.55. The zero-order chi connectivity index (χ0) is 16.4. The van der Waals surface area contributed by atoms with E-state index in [4.69, 9.17) is 0 Å². The maximum atomic E-state index is 11.7. The predicted molar refractivity (Wildman–Crippen MR) is 94.3 cm³/mol. The Labute approximate surface area is 136 Å². The number of hydrogen-bond donors (Lipinski definition) is 2. The fraction of sp³-hybridized carbons (Fsp3) is 0.421. The van der Waals surface area contributed by atoms with Gasteiger partial charge in [-0.05, 0) is 55.9 Å². The number of aryl methyl sites for hydroxylation is 1. The van der Waals surface area contributed by atoms with E-state index < -0.39 is 0 Å². The molecule has 0 saturated carbocycles. The summed E-state index contributed by atoms with van der Waals surface area (Å²) in [6.45, 7) is 6.32. The number of nitrogens with one attached hydrogen (secondary N) is 1. The molecule has 0 radical (unpaired) electrons. The van der Waals surface area contributed by atoms with Gasteiger partial charge in [0.1, 0.15) is 5.75 Å². The summed E-state index contributed by atoms with van der Waals surface area (Å²) in [5.41, 5.74) is 4.67. The Morgan fingerprint density at radius 2 is 1.91 bits per heavy atom. The van der Waals surface area contributed by atoms with Crippen LogP contribution in [-0.2, 0) is 6.42 Å². The number of benzene rings is 1. The normalized spacial score (nSPS) is 15.0. The summed E-state index contributed by atoms with van der Waals surface area (Å²) in [4.78, 5) is 17.0. The summed E-state index contributed by atoms with van der Waals surface area (Å²) in [7, 11) is 0. The molecule has 1 fully saturated rings. The molecule has 2 N–H and O–H groups in total. The van der Waals surface area contributed by atoms with Gasteiger partial charge in [-0.25, -0.2) is 0 Å². The summed E-state index contributed by atoms with van der Waals surface area (Å²) in [5.74, 6) is 0.0732. The smallest absolute Gasteiger partial charge is 0.252 e. The molecule has 4 heteroatoms. The molecule has 4 nitrogen and oxygen atoms in total. The quantitative estimate of drug-likeness (QED) is 0.910. The van der Waals surface area contributed by atoms with Crippen molar-refractivity contribution in [3.8, 4) is 17.0 Å². The van der Waals surface area contributed by atoms with Gasteiger partial charge in [-0.15, -0.1) is 0 Å². The average molecular weight is 312 g/mol. The maximum Gasteiger partial charge on any atom is 0.252 e. The Morgan fingerprint density at radius 3 is 2.57 bits per heavy atom. The molecule has 1 aliphatic rings. The molecule has 122 valence electrons. The molecular formula is C19H24N2O2. The van der Waals surface area contributed by atoms with Crippen molar-refractivity contribution in [2.45, 2.75) is 39.5 Å². The number of aromatic hydroxyl groups is 1. The van der Waals surface area contributed by atoms with Gasteiger partial charge in [0, 0.05) is 30.4 Å². The summed E-state index contributed by atoms with van der Waals surface area (Å²) in [6, 6.07) is 7.53. The van der Waals surface area contributed by atoms with Gasteiger partial charge >= 0.3 is 0 Å². The van der Waals surface area contributed by atoms with Gasteiger partial charge in [0.2, 0.25) is 0 Å². The van der Waals surface area contributed by atoms with Crippen LogP contribution < -0.4 is 10.5 Å². The highest BCUT2D eigenvalue weighted by Gasteiger charge is 2.15. The highest BCUT2D eigenvalue weighted by molar-refractivity contribution is 5.70. The van der Waals surface area contributed by atoms with Gasteiger partial charge in [-0.1, -0.05) is 13.0 Å². The van der Waals surface area contributed by atoms with Crippen molar-refractivity contribution in [3.63, 3.8) is 0 Å². The van der Waals surface area contributed by atoms with Crippen molar-refractivity contribution >= 4 is 5.69 Å². The van der Waals surface area contributed by atoms with Crippen LogP contribution in [0.4, 0.5) is 5.69 Å². The van der Waals surface area contributed by atoms with Crippen molar-refractivity contribution < 1.29 is 5.11 Å². The van der Waals surface area contributed by atoms with E-state index in [1.54, 1.807) is 0 Å². The SMILES string of the molecule is CCc1c(O)cc(=O)[nH]c1-c1ccc(N2CCCCC2)c(C)c1. The summed E-state index contributed by atoms with van der Waals surface area (Å²) >= 11 is 0. The van der Waals surface area contributed by atoms with Gasteiger partial charge in [0.25, 0.3) is 5.56 Å². The Balaban J connectivity index is 2.02. The Hall–Kier alpha value is -2.23. The number of pyridine rings is 1. The zero-order valence-corrected chi connectivity index (χ0v) is 13.9. The minimum atomic E-state index is -0.271. The van der Waals surface area contributed by atoms with E-state index >= 15 is 0 Å². The highest BCUT2D eigenvalue weighted by Crippen LogP contribution is 2.31. The van der Waals surface area contributed by atoms with Gasteiger partial charge in [0.05, 0.1) is 5.69 Å². The third-order valence-corrected chi connectivity index (χ3v) is 4.66. The first-order valence-corrected chi connectivity index (χ1v) is 8.41. The number of aromatic amines is 1. The number of hydrogen-bond acceptors (Lipinski definition) is 3. The second-order valence-electron chi connectivity index (χ2n) is 6.27. The molecule has 1 aliphatic heterocycles. The van der Waals surface area contributed by atoms with Crippen LogP contribution in [0.5, 0.6) is 5.75 Å². The van der Waals surface area contributed by atoms with Crippen molar-refractivity contribution in [2.75, 3.05) is 18.0 Å². The topological polar surface area (TPSA) is 56.3 Å². The fourth-order valence-corrected chi connectivity index (χ4v) is 3.48. The Bertz CT molecular complexity index is 758. The van der Waals surface area contributed by atoms with E-state index in [9.17, 15) is 9.90 Å². The number of piperidine rings is 1. The van der Waals surface area contributed by atoms with E-state index in [0.29, 0.717) is 6.42 Å². The molecule has 3 rings (SSSR count). The van der Waals surface area contributed by atoms with E-state index in [0.717, 1.165) is 29.9 Å². The summed E-state index contributed by atoms with van der Waals surface area (Å²) in [5, 5.41) is 10.0. The predicted octanol–water partition coefficient (Wildman–Crippen LogP) is 3.61. The first kappa shape index (κ1) is 15.7. The lowest BCUT2D eigenvalue weighted by Gasteiger charge is -2.30. The lowest BCUT2D eigenvalue weighted by Crippen LogP contribution is -2.29. The van der Waals surface area contributed by atoms with Crippen molar-refractivity contribution in [1.82, 2.24) is 4.98 Å². The molecule has 2 heterocycles. The fourth-order valence-electron chi connectivity index (χ4n) is 3.48. The monoisotopic (exact) mass is 312 g/mol. The van der Waals surface area contributed by atoms with Crippen LogP contribution in [0, 0.1) is 6.92 Å². The summed E-state index contributed by atoms with van der Waals surface area (Å²) < 4.78 is 0. The van der Waals surface area contributed by atoms with Crippen LogP contribution in [-0.4, -0.2) is 23.2 Å².